The van der Waals surface area contributed by atoms with E-state index in [9.17, 15) is 13.6 Å². The van der Waals surface area contributed by atoms with Crippen LogP contribution in [-0.2, 0) is 4.79 Å². The Bertz CT molecular complexity index is 1300. The van der Waals surface area contributed by atoms with E-state index in [0.717, 1.165) is 38.1 Å². The molecule has 38 heavy (non-hydrogen) atoms. The van der Waals surface area contributed by atoms with Crippen LogP contribution in [0.5, 0.6) is 0 Å². The number of imidazole rings is 1. The molecule has 1 aliphatic heterocycles. The lowest BCUT2D eigenvalue weighted by Crippen LogP contribution is -2.45. The van der Waals surface area contributed by atoms with Crippen LogP contribution in [0.1, 0.15) is 58.4 Å². The number of nitrogens with one attached hydrogen (secondary N) is 2. The monoisotopic (exact) mass is 546 g/mol. The van der Waals surface area contributed by atoms with E-state index in [2.05, 4.69) is 39.3 Å². The Balaban J connectivity index is 1.49. The van der Waals surface area contributed by atoms with Crippen molar-refractivity contribution in [1.82, 2.24) is 24.4 Å². The van der Waals surface area contributed by atoms with Gasteiger partial charge in [-0.2, -0.15) is 4.98 Å². The second-order valence-corrected chi connectivity index (χ2v) is 11.0. The van der Waals surface area contributed by atoms with Gasteiger partial charge in [0.25, 0.3) is 0 Å². The van der Waals surface area contributed by atoms with Gasteiger partial charge in [-0.3, -0.25) is 14.3 Å². The summed E-state index contributed by atoms with van der Waals surface area (Å²) in [6.45, 7) is 6.36. The van der Waals surface area contributed by atoms with E-state index in [1.807, 2.05) is 4.57 Å². The molecule has 3 aromatic rings. The molecule has 2 aromatic heterocycles. The summed E-state index contributed by atoms with van der Waals surface area (Å²) in [5, 5.41) is 6.27. The smallest absolute Gasteiger partial charge is 0.225 e. The molecule has 0 spiro atoms. The molecule has 4 N–H and O–H groups in total. The van der Waals surface area contributed by atoms with E-state index in [1.54, 1.807) is 6.20 Å². The van der Waals surface area contributed by atoms with E-state index in [-0.39, 0.29) is 40.6 Å². The molecule has 1 saturated heterocycles. The van der Waals surface area contributed by atoms with E-state index in [4.69, 9.17) is 22.3 Å². The number of aromatic nitrogens is 4. The van der Waals surface area contributed by atoms with E-state index >= 15 is 0 Å². The van der Waals surface area contributed by atoms with Crippen molar-refractivity contribution in [3.8, 4) is 0 Å². The van der Waals surface area contributed by atoms with Gasteiger partial charge in [-0.05, 0) is 71.0 Å². The molecule has 0 radical (unpaired) electrons. The van der Waals surface area contributed by atoms with Gasteiger partial charge in [0.2, 0.25) is 17.8 Å². The van der Waals surface area contributed by atoms with Crippen LogP contribution in [0.2, 0.25) is 5.02 Å². The fourth-order valence-electron chi connectivity index (χ4n) is 5.56. The first-order valence-corrected chi connectivity index (χ1v) is 13.5. The van der Waals surface area contributed by atoms with Gasteiger partial charge in [-0.25, -0.2) is 18.7 Å². The fraction of sp³-hybridized carbons (Fsp3) is 0.538. The first kappa shape index (κ1) is 26.6. The van der Waals surface area contributed by atoms with Gasteiger partial charge >= 0.3 is 0 Å². The number of nitrogens with zero attached hydrogens (tertiary/aromatic N) is 5. The zero-order chi connectivity index (χ0) is 27.0. The molecular formula is C26H33ClF2N8O. The summed E-state index contributed by atoms with van der Waals surface area (Å²) in [5.74, 6) is -1.42. The van der Waals surface area contributed by atoms with Gasteiger partial charge in [-0.15, -0.1) is 0 Å². The number of hydrogen-bond acceptors (Lipinski definition) is 7. The maximum Gasteiger partial charge on any atom is 0.225 e. The minimum absolute atomic E-state index is 0.0378. The van der Waals surface area contributed by atoms with Gasteiger partial charge in [-0.1, -0.05) is 11.6 Å². The first-order valence-electron chi connectivity index (χ1n) is 13.2. The largest absolute Gasteiger partial charge is 0.369 e. The van der Waals surface area contributed by atoms with Crippen LogP contribution in [0, 0.1) is 17.6 Å². The minimum atomic E-state index is -0.827. The maximum absolute atomic E-state index is 14.7. The average Bonchev–Trinajstić information content (AvgIpc) is 3.23. The maximum atomic E-state index is 14.7. The fourth-order valence-corrected chi connectivity index (χ4v) is 5.75. The predicted molar refractivity (Wildman–Crippen MR) is 144 cm³/mol. The lowest BCUT2D eigenvalue weighted by molar-refractivity contribution is -0.122. The average molecular weight is 547 g/mol. The molecule has 1 atom stereocenters. The number of primary amides is 1. The van der Waals surface area contributed by atoms with Crippen molar-refractivity contribution < 1.29 is 13.6 Å². The van der Waals surface area contributed by atoms with Crippen LogP contribution < -0.4 is 16.4 Å². The third kappa shape index (κ3) is 5.54. The van der Waals surface area contributed by atoms with E-state index in [1.165, 1.54) is 0 Å². The highest BCUT2D eigenvalue weighted by atomic mass is 35.5. The Morgan fingerprint density at radius 1 is 1.13 bits per heavy atom. The molecule has 1 amide bonds. The van der Waals surface area contributed by atoms with Crippen LogP contribution in [0.3, 0.4) is 0 Å². The molecule has 1 aromatic carbocycles. The lowest BCUT2D eigenvalue weighted by atomic mass is 9.85. The summed E-state index contributed by atoms with van der Waals surface area (Å²) in [5.41, 5.74) is 6.24. The summed E-state index contributed by atoms with van der Waals surface area (Å²) < 4.78 is 31.2. The number of piperidine rings is 1. The third-order valence-electron chi connectivity index (χ3n) is 7.66. The molecule has 3 heterocycles. The van der Waals surface area contributed by atoms with Gasteiger partial charge in [0.1, 0.15) is 11.2 Å². The molecule has 1 aliphatic carbocycles. The second kappa shape index (κ2) is 11.0. The van der Waals surface area contributed by atoms with Crippen LogP contribution >= 0.6 is 11.6 Å². The van der Waals surface area contributed by atoms with Crippen LogP contribution in [0.25, 0.3) is 11.2 Å². The number of benzene rings is 1. The summed E-state index contributed by atoms with van der Waals surface area (Å²) in [4.78, 5) is 28.1. The van der Waals surface area contributed by atoms with E-state index in [0.29, 0.717) is 48.8 Å². The number of carbonyl (C=O) groups excluding carboxylic acids is 1. The minimum Gasteiger partial charge on any atom is -0.369 e. The zero-order valence-corrected chi connectivity index (χ0v) is 22.3. The molecular weight excluding hydrogens is 514 g/mol. The first-order chi connectivity index (χ1) is 18.2. The second-order valence-electron chi connectivity index (χ2n) is 10.6. The van der Waals surface area contributed by atoms with Crippen LogP contribution in [0.15, 0.2) is 18.3 Å². The summed E-state index contributed by atoms with van der Waals surface area (Å²) in [6, 6.07) is 2.67. The molecule has 0 bridgehead atoms. The number of halogens is 3. The lowest BCUT2D eigenvalue weighted by Gasteiger charge is -2.35. The number of likely N-dealkylation sites (tertiary alicyclic amines) is 1. The van der Waals surface area contributed by atoms with Crippen molar-refractivity contribution in [2.45, 2.75) is 70.5 Å². The number of nitrogens with two attached hydrogens (primary N) is 1. The zero-order valence-electron chi connectivity index (χ0n) is 21.6. The Morgan fingerprint density at radius 3 is 2.50 bits per heavy atom. The SMILES string of the molecule is CC(C)N1CCC[C@@H](Nc2ncc3nc(Nc4c(F)cc(Cl)cc4F)n([C@H]4CC[C@H](C(N)=O)CC4)c3n2)C1. The van der Waals surface area contributed by atoms with Crippen molar-refractivity contribution in [2.75, 3.05) is 23.7 Å². The molecule has 2 fully saturated rings. The van der Waals surface area contributed by atoms with Crippen LogP contribution in [-0.4, -0.2) is 55.5 Å². The van der Waals surface area contributed by atoms with Crippen molar-refractivity contribution in [3.05, 3.63) is 35.0 Å². The molecule has 2 aliphatic rings. The van der Waals surface area contributed by atoms with E-state index < -0.39 is 11.6 Å². The number of fused-ring (bicyclic) bond motifs is 1. The standard InChI is InChI=1S/C26H33ClF2N8O/c1-14(2)36-9-3-4-17(13-36)32-25-31-12-21-24(35-25)37(18-7-5-15(6-8-18)23(30)38)26(33-21)34-22-19(28)10-16(27)11-20(22)29/h10-12,14-15,17-18H,3-9,13H2,1-2H3,(H2,30,38)(H,33,34)(H,31,32,35)/t15-,17-,18-/m1/s1. The number of carbonyl (C=O) groups is 1. The highest BCUT2D eigenvalue weighted by Crippen LogP contribution is 2.38. The molecule has 204 valence electrons. The number of amides is 1. The van der Waals surface area contributed by atoms with Crippen molar-refractivity contribution >= 4 is 46.3 Å². The molecule has 9 nitrogen and oxygen atoms in total. The summed E-state index contributed by atoms with van der Waals surface area (Å²) >= 11 is 5.81. The summed E-state index contributed by atoms with van der Waals surface area (Å²) in [6.07, 6.45) is 6.27. The van der Waals surface area contributed by atoms with Crippen molar-refractivity contribution in [2.24, 2.45) is 11.7 Å². The molecule has 5 rings (SSSR count). The van der Waals surface area contributed by atoms with Crippen LogP contribution in [0.4, 0.5) is 26.4 Å². The van der Waals surface area contributed by atoms with Gasteiger partial charge in [0, 0.05) is 35.6 Å². The highest BCUT2D eigenvalue weighted by molar-refractivity contribution is 6.30. The Labute approximate surface area is 225 Å². The molecule has 12 heteroatoms. The molecule has 1 saturated carbocycles. The predicted octanol–water partition coefficient (Wildman–Crippen LogP) is 5.00. The highest BCUT2D eigenvalue weighted by Gasteiger charge is 2.30. The molecule has 0 unspecified atom stereocenters. The summed E-state index contributed by atoms with van der Waals surface area (Å²) in [7, 11) is 0. The quantitative estimate of drug-likeness (QED) is 0.382. The number of anilines is 3. The van der Waals surface area contributed by atoms with Gasteiger partial charge < -0.3 is 16.4 Å². The topological polar surface area (TPSA) is 114 Å². The third-order valence-corrected chi connectivity index (χ3v) is 7.88. The van der Waals surface area contributed by atoms with Crippen molar-refractivity contribution in [1.29, 1.82) is 0 Å². The Hall–Kier alpha value is -3.05. The number of hydrogen-bond donors (Lipinski definition) is 3. The van der Waals surface area contributed by atoms with Gasteiger partial charge in [0.15, 0.2) is 17.3 Å². The Morgan fingerprint density at radius 2 is 1.84 bits per heavy atom. The Kier molecular flexibility index (Phi) is 7.67. The normalized spacial score (nSPS) is 22.6. The van der Waals surface area contributed by atoms with Gasteiger partial charge in [0.05, 0.1) is 6.20 Å². The number of rotatable bonds is 7. The van der Waals surface area contributed by atoms with Crippen molar-refractivity contribution in [3.63, 3.8) is 0 Å².